The molecule has 0 amide bonds. The molecule has 4 heteroatoms. The van der Waals surface area contributed by atoms with Crippen molar-refractivity contribution in [2.24, 2.45) is 0 Å². The van der Waals surface area contributed by atoms with Crippen LogP contribution in [0.1, 0.15) is 12.0 Å². The van der Waals surface area contributed by atoms with Crippen LogP contribution in [0.25, 0.3) is 0 Å². The number of allylic oxidation sites excluding steroid dienone is 1. The molecular formula is C19H21BrO3. The maximum Gasteiger partial charge on any atom is 0.161 e. The zero-order valence-electron chi connectivity index (χ0n) is 13.3. The van der Waals surface area contributed by atoms with Gasteiger partial charge in [-0.05, 0) is 42.3 Å². The molecule has 2 aromatic rings. The summed E-state index contributed by atoms with van der Waals surface area (Å²) in [6, 6.07) is 13.7. The lowest BCUT2D eigenvalue weighted by Crippen LogP contribution is -2.05. The van der Waals surface area contributed by atoms with Gasteiger partial charge in [0.25, 0.3) is 0 Å². The molecule has 0 aliphatic heterocycles. The average Bonchev–Trinajstić information content (AvgIpc) is 2.56. The molecule has 2 aromatic carbocycles. The summed E-state index contributed by atoms with van der Waals surface area (Å²) in [5.41, 5.74) is 1.15. The monoisotopic (exact) mass is 376 g/mol. The molecule has 122 valence electrons. The molecule has 2 rings (SSSR count). The van der Waals surface area contributed by atoms with Crippen LogP contribution in [0.3, 0.4) is 0 Å². The van der Waals surface area contributed by atoms with Gasteiger partial charge in [-0.3, -0.25) is 0 Å². The molecule has 0 aliphatic rings. The van der Waals surface area contributed by atoms with Crippen LogP contribution in [0.5, 0.6) is 17.2 Å². The van der Waals surface area contributed by atoms with E-state index in [-0.39, 0.29) is 0 Å². The molecule has 0 saturated carbocycles. The third kappa shape index (κ3) is 5.64. The second kappa shape index (κ2) is 9.26. The smallest absolute Gasteiger partial charge is 0.161 e. The summed E-state index contributed by atoms with van der Waals surface area (Å²) >= 11 is 3.42. The van der Waals surface area contributed by atoms with E-state index in [0.29, 0.717) is 13.2 Å². The number of hydrogen-bond donors (Lipinski definition) is 0. The van der Waals surface area contributed by atoms with Gasteiger partial charge in [-0.1, -0.05) is 34.1 Å². The van der Waals surface area contributed by atoms with Gasteiger partial charge in [0.05, 0.1) is 20.3 Å². The molecule has 0 fully saturated rings. The highest BCUT2D eigenvalue weighted by Gasteiger charge is 2.05. The lowest BCUT2D eigenvalue weighted by atomic mass is 10.1. The van der Waals surface area contributed by atoms with Crippen molar-refractivity contribution in [3.05, 3.63) is 65.2 Å². The quantitative estimate of drug-likeness (QED) is 0.453. The summed E-state index contributed by atoms with van der Waals surface area (Å²) in [5, 5.41) is 0. The fourth-order valence-electron chi connectivity index (χ4n) is 2.11. The van der Waals surface area contributed by atoms with Crippen molar-refractivity contribution < 1.29 is 14.2 Å². The highest BCUT2D eigenvalue weighted by Crippen LogP contribution is 2.28. The third-order valence-corrected chi connectivity index (χ3v) is 3.71. The molecule has 0 unspecified atom stereocenters. The van der Waals surface area contributed by atoms with Crippen LogP contribution >= 0.6 is 15.9 Å². The zero-order chi connectivity index (χ0) is 16.5. The van der Waals surface area contributed by atoms with E-state index in [2.05, 4.69) is 22.5 Å². The topological polar surface area (TPSA) is 27.7 Å². The predicted molar refractivity (Wildman–Crippen MR) is 96.6 cm³/mol. The molecule has 0 heterocycles. The Morgan fingerprint density at radius 1 is 1.04 bits per heavy atom. The van der Waals surface area contributed by atoms with E-state index < -0.39 is 0 Å². The Morgan fingerprint density at radius 2 is 1.87 bits per heavy atom. The van der Waals surface area contributed by atoms with Crippen LogP contribution in [-0.2, 0) is 6.42 Å². The number of rotatable bonds is 9. The Bertz CT molecular complexity index is 640. The first kappa shape index (κ1) is 17.4. The van der Waals surface area contributed by atoms with Gasteiger partial charge < -0.3 is 14.2 Å². The van der Waals surface area contributed by atoms with Gasteiger partial charge in [-0.2, -0.15) is 0 Å². The molecule has 23 heavy (non-hydrogen) atoms. The number of ether oxygens (including phenoxy) is 3. The summed E-state index contributed by atoms with van der Waals surface area (Å²) < 4.78 is 17.8. The highest BCUT2D eigenvalue weighted by molar-refractivity contribution is 9.10. The van der Waals surface area contributed by atoms with E-state index in [1.165, 1.54) is 0 Å². The van der Waals surface area contributed by atoms with E-state index in [1.54, 1.807) is 7.11 Å². The van der Waals surface area contributed by atoms with Crippen molar-refractivity contribution in [3.8, 4) is 17.2 Å². The van der Waals surface area contributed by atoms with Crippen LogP contribution in [0, 0.1) is 0 Å². The molecule has 3 nitrogen and oxygen atoms in total. The van der Waals surface area contributed by atoms with Gasteiger partial charge in [0.2, 0.25) is 0 Å². The van der Waals surface area contributed by atoms with Gasteiger partial charge >= 0.3 is 0 Å². The Hall–Kier alpha value is -1.94. The largest absolute Gasteiger partial charge is 0.493 e. The van der Waals surface area contributed by atoms with Crippen LogP contribution in [0.4, 0.5) is 0 Å². The average molecular weight is 377 g/mol. The van der Waals surface area contributed by atoms with Crippen LogP contribution in [0.2, 0.25) is 0 Å². The van der Waals surface area contributed by atoms with Crippen molar-refractivity contribution in [1.82, 2.24) is 0 Å². The van der Waals surface area contributed by atoms with Gasteiger partial charge in [-0.15, -0.1) is 6.58 Å². The molecular weight excluding hydrogens is 356 g/mol. The van der Waals surface area contributed by atoms with Crippen LogP contribution < -0.4 is 14.2 Å². The molecule has 0 N–H and O–H groups in total. The number of halogens is 1. The zero-order valence-corrected chi connectivity index (χ0v) is 14.8. The van der Waals surface area contributed by atoms with E-state index in [1.807, 2.05) is 48.5 Å². The highest BCUT2D eigenvalue weighted by atomic mass is 79.9. The first-order chi connectivity index (χ1) is 11.2. The Morgan fingerprint density at radius 3 is 2.61 bits per heavy atom. The lowest BCUT2D eigenvalue weighted by molar-refractivity contribution is 0.240. The van der Waals surface area contributed by atoms with Crippen molar-refractivity contribution in [2.75, 3.05) is 20.3 Å². The van der Waals surface area contributed by atoms with E-state index in [4.69, 9.17) is 14.2 Å². The van der Waals surface area contributed by atoms with E-state index in [9.17, 15) is 0 Å². The minimum absolute atomic E-state index is 0.575. The molecule has 0 bridgehead atoms. The summed E-state index contributed by atoms with van der Waals surface area (Å²) in [6.07, 6.45) is 3.48. The molecule has 0 radical (unpaired) electrons. The van der Waals surface area contributed by atoms with E-state index >= 15 is 0 Å². The van der Waals surface area contributed by atoms with Crippen LogP contribution in [0.15, 0.2) is 59.6 Å². The first-order valence-electron chi connectivity index (χ1n) is 7.52. The van der Waals surface area contributed by atoms with E-state index in [0.717, 1.165) is 40.1 Å². The maximum atomic E-state index is 5.78. The Labute approximate surface area is 146 Å². The van der Waals surface area contributed by atoms with Gasteiger partial charge in [0, 0.05) is 10.9 Å². The van der Waals surface area contributed by atoms with Gasteiger partial charge in [0.1, 0.15) is 5.75 Å². The fourth-order valence-corrected chi connectivity index (χ4v) is 2.49. The summed E-state index contributed by atoms with van der Waals surface area (Å²) in [4.78, 5) is 0. The lowest BCUT2D eigenvalue weighted by Gasteiger charge is -2.12. The minimum atomic E-state index is 0.575. The second-order valence-corrected chi connectivity index (χ2v) is 5.90. The van der Waals surface area contributed by atoms with Crippen LogP contribution in [-0.4, -0.2) is 20.3 Å². The summed E-state index contributed by atoms with van der Waals surface area (Å²) in [5.74, 6) is 2.35. The fraction of sp³-hybridized carbons (Fsp3) is 0.263. The summed E-state index contributed by atoms with van der Waals surface area (Å²) in [7, 11) is 1.65. The van der Waals surface area contributed by atoms with Crippen molar-refractivity contribution >= 4 is 15.9 Å². The molecule has 0 aromatic heterocycles. The third-order valence-electron chi connectivity index (χ3n) is 3.22. The van der Waals surface area contributed by atoms with Crippen molar-refractivity contribution in [3.63, 3.8) is 0 Å². The van der Waals surface area contributed by atoms with Gasteiger partial charge in [0.15, 0.2) is 11.5 Å². The molecule has 0 aliphatic carbocycles. The molecule has 0 spiro atoms. The second-order valence-electron chi connectivity index (χ2n) is 4.99. The SMILES string of the molecule is C=CCc1ccc(OCCCOc2cccc(Br)c2)c(OC)c1. The molecule has 0 atom stereocenters. The first-order valence-corrected chi connectivity index (χ1v) is 8.31. The van der Waals surface area contributed by atoms with Gasteiger partial charge in [-0.25, -0.2) is 0 Å². The minimum Gasteiger partial charge on any atom is -0.493 e. The standard InChI is InChI=1S/C19H21BrO3/c1-3-6-15-9-10-18(19(13-15)21-2)23-12-5-11-22-17-8-4-7-16(20)14-17/h3-4,7-10,13-14H,1,5-6,11-12H2,2H3. The van der Waals surface area contributed by atoms with Crippen molar-refractivity contribution in [1.29, 1.82) is 0 Å². The number of benzene rings is 2. The Kier molecular flexibility index (Phi) is 7.01. The maximum absolute atomic E-state index is 5.78. The predicted octanol–water partition coefficient (Wildman–Crippen LogP) is 5.03. The van der Waals surface area contributed by atoms with Crippen molar-refractivity contribution in [2.45, 2.75) is 12.8 Å². The molecule has 0 saturated heterocycles. The Balaban J connectivity index is 1.78. The normalized spacial score (nSPS) is 10.2. The summed E-state index contributed by atoms with van der Waals surface area (Å²) in [6.45, 7) is 4.92. The number of hydrogen-bond acceptors (Lipinski definition) is 3. The number of methoxy groups -OCH3 is 1.